The minimum Gasteiger partial charge on any atom is -0.493 e. The third kappa shape index (κ3) is 2.88. The molecule has 4 heteroatoms. The highest BCUT2D eigenvalue weighted by Crippen LogP contribution is 2.32. The van der Waals surface area contributed by atoms with Gasteiger partial charge < -0.3 is 15.2 Å². The van der Waals surface area contributed by atoms with Gasteiger partial charge in [0.25, 0.3) is 0 Å². The summed E-state index contributed by atoms with van der Waals surface area (Å²) in [6, 6.07) is 3.75. The number of methoxy groups -OCH3 is 1. The number of aliphatic hydroxyl groups excluding tert-OH is 1. The fraction of sp³-hybridized carbons (Fsp3) is 0.615. The summed E-state index contributed by atoms with van der Waals surface area (Å²) in [5, 5.41) is 12.6. The minimum absolute atomic E-state index is 0.297. The Morgan fingerprint density at radius 3 is 3.06 bits per heavy atom. The second-order valence-corrected chi connectivity index (χ2v) is 4.57. The zero-order valence-electron chi connectivity index (χ0n) is 10.2. The first-order chi connectivity index (χ1) is 8.35. The van der Waals surface area contributed by atoms with Gasteiger partial charge >= 0.3 is 0 Å². The SMILES string of the molecule is COc1cccnc1NCC1CCCC1CO. The number of rotatable bonds is 5. The summed E-state index contributed by atoms with van der Waals surface area (Å²) in [6.45, 7) is 1.16. The lowest BCUT2D eigenvalue weighted by Crippen LogP contribution is -2.21. The topological polar surface area (TPSA) is 54.4 Å². The Labute approximate surface area is 102 Å². The molecule has 4 nitrogen and oxygen atoms in total. The van der Waals surface area contributed by atoms with E-state index in [1.807, 2.05) is 12.1 Å². The summed E-state index contributed by atoms with van der Waals surface area (Å²) in [5.74, 6) is 2.55. The zero-order chi connectivity index (χ0) is 12.1. The fourth-order valence-corrected chi connectivity index (χ4v) is 2.54. The van der Waals surface area contributed by atoms with Crippen molar-refractivity contribution in [3.05, 3.63) is 18.3 Å². The molecule has 1 saturated carbocycles. The quantitative estimate of drug-likeness (QED) is 0.820. The van der Waals surface area contributed by atoms with Gasteiger partial charge in [-0.1, -0.05) is 6.42 Å². The van der Waals surface area contributed by atoms with E-state index < -0.39 is 0 Å². The minimum atomic E-state index is 0.297. The van der Waals surface area contributed by atoms with Gasteiger partial charge in [0.05, 0.1) is 7.11 Å². The summed E-state index contributed by atoms with van der Waals surface area (Å²) in [7, 11) is 1.65. The molecule has 1 aliphatic rings. The molecule has 0 aromatic carbocycles. The largest absolute Gasteiger partial charge is 0.493 e. The van der Waals surface area contributed by atoms with E-state index in [0.717, 1.165) is 24.5 Å². The van der Waals surface area contributed by atoms with Gasteiger partial charge in [-0.2, -0.15) is 0 Å². The Balaban J connectivity index is 1.93. The van der Waals surface area contributed by atoms with Gasteiger partial charge in [0.15, 0.2) is 11.6 Å². The van der Waals surface area contributed by atoms with Gasteiger partial charge in [0.1, 0.15) is 0 Å². The number of anilines is 1. The summed E-state index contributed by atoms with van der Waals surface area (Å²) in [4.78, 5) is 4.26. The molecule has 0 spiro atoms. The molecule has 1 heterocycles. The van der Waals surface area contributed by atoms with Crippen molar-refractivity contribution in [3.8, 4) is 5.75 Å². The fourth-order valence-electron chi connectivity index (χ4n) is 2.54. The number of ether oxygens (including phenoxy) is 1. The number of nitrogens with one attached hydrogen (secondary N) is 1. The van der Waals surface area contributed by atoms with Gasteiger partial charge in [0.2, 0.25) is 0 Å². The molecule has 1 aromatic heterocycles. The van der Waals surface area contributed by atoms with Crippen molar-refractivity contribution >= 4 is 5.82 Å². The molecule has 0 saturated heterocycles. The normalized spacial score (nSPS) is 23.6. The third-order valence-electron chi connectivity index (χ3n) is 3.57. The van der Waals surface area contributed by atoms with Crippen LogP contribution < -0.4 is 10.1 Å². The lowest BCUT2D eigenvalue weighted by Gasteiger charge is -2.18. The Morgan fingerprint density at radius 2 is 2.29 bits per heavy atom. The molecule has 1 fully saturated rings. The molecule has 2 unspecified atom stereocenters. The molecule has 94 valence electrons. The summed E-state index contributed by atoms with van der Waals surface area (Å²) < 4.78 is 5.24. The molecule has 2 rings (SSSR count). The molecule has 2 atom stereocenters. The summed E-state index contributed by atoms with van der Waals surface area (Å²) >= 11 is 0. The van der Waals surface area contributed by atoms with E-state index in [1.165, 1.54) is 12.8 Å². The second kappa shape index (κ2) is 5.87. The van der Waals surface area contributed by atoms with Gasteiger partial charge in [-0.05, 0) is 36.8 Å². The van der Waals surface area contributed by atoms with E-state index in [9.17, 15) is 5.11 Å². The molecule has 1 aromatic rings. The molecular weight excluding hydrogens is 216 g/mol. The number of aliphatic hydroxyl groups is 1. The van der Waals surface area contributed by atoms with Crippen LogP contribution >= 0.6 is 0 Å². The third-order valence-corrected chi connectivity index (χ3v) is 3.57. The predicted octanol–water partition coefficient (Wildman–Crippen LogP) is 1.91. The molecular formula is C13H20N2O2. The Kier molecular flexibility index (Phi) is 4.20. The first-order valence-corrected chi connectivity index (χ1v) is 6.19. The maximum absolute atomic E-state index is 9.27. The van der Waals surface area contributed by atoms with Crippen LogP contribution in [0.25, 0.3) is 0 Å². The van der Waals surface area contributed by atoms with Gasteiger partial charge in [-0.3, -0.25) is 0 Å². The van der Waals surface area contributed by atoms with Crippen molar-refractivity contribution in [1.82, 2.24) is 4.98 Å². The van der Waals surface area contributed by atoms with E-state index in [4.69, 9.17) is 4.74 Å². The summed E-state index contributed by atoms with van der Waals surface area (Å²) in [5.41, 5.74) is 0. The van der Waals surface area contributed by atoms with Crippen LogP contribution in [0, 0.1) is 11.8 Å². The van der Waals surface area contributed by atoms with Crippen molar-refractivity contribution in [2.45, 2.75) is 19.3 Å². The van der Waals surface area contributed by atoms with Crippen LogP contribution in [0.1, 0.15) is 19.3 Å². The Hall–Kier alpha value is -1.29. The van der Waals surface area contributed by atoms with Gasteiger partial charge in [-0.25, -0.2) is 4.98 Å². The lowest BCUT2D eigenvalue weighted by molar-refractivity contribution is 0.199. The van der Waals surface area contributed by atoms with Crippen LogP contribution in [0.2, 0.25) is 0 Å². The first kappa shape index (κ1) is 12.2. The Morgan fingerprint density at radius 1 is 1.47 bits per heavy atom. The Bertz CT molecular complexity index is 357. The molecule has 2 N–H and O–H groups in total. The van der Waals surface area contributed by atoms with E-state index in [-0.39, 0.29) is 0 Å². The molecule has 0 bridgehead atoms. The van der Waals surface area contributed by atoms with Crippen molar-refractivity contribution in [3.63, 3.8) is 0 Å². The van der Waals surface area contributed by atoms with Gasteiger partial charge in [-0.15, -0.1) is 0 Å². The first-order valence-electron chi connectivity index (χ1n) is 6.19. The van der Waals surface area contributed by atoms with Crippen LogP contribution in [0.5, 0.6) is 5.75 Å². The van der Waals surface area contributed by atoms with Crippen molar-refractivity contribution in [2.24, 2.45) is 11.8 Å². The average molecular weight is 236 g/mol. The van der Waals surface area contributed by atoms with Crippen molar-refractivity contribution in [2.75, 3.05) is 25.6 Å². The number of hydrogen-bond acceptors (Lipinski definition) is 4. The highest BCUT2D eigenvalue weighted by atomic mass is 16.5. The molecule has 0 aliphatic heterocycles. The molecule has 0 amide bonds. The maximum Gasteiger partial charge on any atom is 0.168 e. The van der Waals surface area contributed by atoms with Crippen LogP contribution in [0.4, 0.5) is 5.82 Å². The van der Waals surface area contributed by atoms with Crippen LogP contribution in [0.3, 0.4) is 0 Å². The number of pyridine rings is 1. The van der Waals surface area contributed by atoms with Crippen molar-refractivity contribution < 1.29 is 9.84 Å². The molecule has 0 radical (unpaired) electrons. The lowest BCUT2D eigenvalue weighted by atomic mass is 9.97. The smallest absolute Gasteiger partial charge is 0.168 e. The summed E-state index contributed by atoms with van der Waals surface area (Å²) in [6.07, 6.45) is 5.30. The molecule has 17 heavy (non-hydrogen) atoms. The molecule has 1 aliphatic carbocycles. The predicted molar refractivity (Wildman–Crippen MR) is 67.2 cm³/mol. The maximum atomic E-state index is 9.27. The zero-order valence-corrected chi connectivity index (χ0v) is 10.2. The van der Waals surface area contributed by atoms with Crippen LogP contribution in [0.15, 0.2) is 18.3 Å². The van der Waals surface area contributed by atoms with E-state index >= 15 is 0 Å². The van der Waals surface area contributed by atoms with Gasteiger partial charge in [0, 0.05) is 19.3 Å². The second-order valence-electron chi connectivity index (χ2n) is 4.57. The van der Waals surface area contributed by atoms with E-state index in [1.54, 1.807) is 13.3 Å². The number of hydrogen-bond donors (Lipinski definition) is 2. The monoisotopic (exact) mass is 236 g/mol. The van der Waals surface area contributed by atoms with E-state index in [2.05, 4.69) is 10.3 Å². The highest BCUT2D eigenvalue weighted by Gasteiger charge is 2.26. The van der Waals surface area contributed by atoms with Crippen LogP contribution in [-0.2, 0) is 0 Å². The van der Waals surface area contributed by atoms with E-state index in [0.29, 0.717) is 18.4 Å². The average Bonchev–Trinajstić information content (AvgIpc) is 2.84. The highest BCUT2D eigenvalue weighted by molar-refractivity contribution is 5.49. The van der Waals surface area contributed by atoms with Crippen molar-refractivity contribution in [1.29, 1.82) is 0 Å². The number of aromatic nitrogens is 1. The number of nitrogens with zero attached hydrogens (tertiary/aromatic N) is 1. The van der Waals surface area contributed by atoms with Crippen LogP contribution in [-0.4, -0.2) is 30.4 Å². The standard InChI is InChI=1S/C13H20N2O2/c1-17-12-6-3-7-14-13(12)15-8-10-4-2-5-11(10)9-16/h3,6-7,10-11,16H,2,4-5,8-9H2,1H3,(H,14,15).